The van der Waals surface area contributed by atoms with Gasteiger partial charge in [0.2, 0.25) is 0 Å². The number of hydrogen-bond acceptors (Lipinski definition) is 2. The van der Waals surface area contributed by atoms with Crippen molar-refractivity contribution in [3.8, 4) is 12.3 Å². The third-order valence-electron chi connectivity index (χ3n) is 3.39. The van der Waals surface area contributed by atoms with Crippen molar-refractivity contribution in [1.29, 1.82) is 0 Å². The highest BCUT2D eigenvalue weighted by Gasteiger charge is 2.23. The summed E-state index contributed by atoms with van der Waals surface area (Å²) in [5, 5.41) is 8.45. The Balaban J connectivity index is 0.000000205. The van der Waals surface area contributed by atoms with Gasteiger partial charge in [-0.15, -0.1) is 12.3 Å². The van der Waals surface area contributed by atoms with Gasteiger partial charge in [-0.3, -0.25) is 0 Å². The predicted molar refractivity (Wildman–Crippen MR) is 71.7 cm³/mol. The summed E-state index contributed by atoms with van der Waals surface area (Å²) in [6.07, 6.45) is 19.4. The minimum Gasteiger partial charge on any atom is -0.393 e. The maximum atomic E-state index is 8.45. The zero-order chi connectivity index (χ0) is 11.4. The van der Waals surface area contributed by atoms with Crippen LogP contribution in [0.25, 0.3) is 0 Å². The molecule has 0 aliphatic heterocycles. The molecule has 2 bridgehead atoms. The Hall–Kier alpha value is -1.30. The first-order valence-corrected chi connectivity index (χ1v) is 6.02. The molecule has 0 aromatic heterocycles. The molecule has 0 amide bonds. The van der Waals surface area contributed by atoms with Crippen molar-refractivity contribution < 1.29 is 5.11 Å². The molecule has 2 nitrogen and oxygen atoms in total. The molecule has 92 valence electrons. The average molecular weight is 231 g/mol. The van der Waals surface area contributed by atoms with Crippen molar-refractivity contribution in [1.82, 2.24) is 6.15 Å². The molecule has 3 aliphatic carbocycles. The fourth-order valence-electron chi connectivity index (χ4n) is 2.10. The summed E-state index contributed by atoms with van der Waals surface area (Å²) in [7, 11) is 0. The van der Waals surface area contributed by atoms with Gasteiger partial charge in [-0.25, -0.2) is 0 Å². The highest BCUT2D eigenvalue weighted by Crippen LogP contribution is 2.37. The van der Waals surface area contributed by atoms with Gasteiger partial charge in [0, 0.05) is 12.3 Å². The SMILES string of the molecule is C#CCCC1C2=CC=C1C=C2.N.OC1CCC1. The van der Waals surface area contributed by atoms with Gasteiger partial charge in [0.15, 0.2) is 0 Å². The molecular formula is C15H21NO. The van der Waals surface area contributed by atoms with Crippen LogP contribution in [-0.2, 0) is 0 Å². The Morgan fingerprint density at radius 2 is 1.76 bits per heavy atom. The highest BCUT2D eigenvalue weighted by molar-refractivity contribution is 5.52. The molecule has 0 heterocycles. The van der Waals surface area contributed by atoms with Crippen LogP contribution in [0.2, 0.25) is 0 Å². The topological polar surface area (TPSA) is 55.2 Å². The zero-order valence-corrected chi connectivity index (χ0v) is 10.2. The van der Waals surface area contributed by atoms with Crippen LogP contribution >= 0.6 is 0 Å². The fraction of sp³-hybridized carbons (Fsp3) is 0.467. The Morgan fingerprint density at radius 3 is 2.06 bits per heavy atom. The van der Waals surface area contributed by atoms with Crippen molar-refractivity contribution >= 4 is 0 Å². The largest absolute Gasteiger partial charge is 0.393 e. The first kappa shape index (κ1) is 13.8. The lowest BCUT2D eigenvalue weighted by Crippen LogP contribution is -2.15. The fourth-order valence-corrected chi connectivity index (χ4v) is 2.10. The predicted octanol–water partition coefficient (Wildman–Crippen LogP) is 3.15. The molecule has 4 N–H and O–H groups in total. The lowest BCUT2D eigenvalue weighted by Gasteiger charge is -2.17. The Morgan fingerprint density at radius 1 is 1.24 bits per heavy atom. The third-order valence-corrected chi connectivity index (χ3v) is 3.39. The molecule has 0 saturated heterocycles. The standard InChI is InChI=1S/C11H10.C4H8O.H3N/c1-2-3-4-11-9-5-6-10(11)8-7-9;5-4-2-1-3-4;/h1,5-8,11H,3-4H2;4-5H,1-3H2;1H3. The number of fused-ring (bicyclic) bond motifs is 2. The Bertz CT molecular complexity index is 358. The summed E-state index contributed by atoms with van der Waals surface area (Å²) in [5.41, 5.74) is 2.88. The van der Waals surface area contributed by atoms with Crippen molar-refractivity contribution in [3.63, 3.8) is 0 Å². The molecule has 0 aromatic carbocycles. The number of aliphatic hydroxyl groups is 1. The van der Waals surface area contributed by atoms with E-state index < -0.39 is 0 Å². The van der Waals surface area contributed by atoms with Gasteiger partial charge in [-0.1, -0.05) is 24.3 Å². The summed E-state index contributed by atoms with van der Waals surface area (Å²) in [6.45, 7) is 0. The summed E-state index contributed by atoms with van der Waals surface area (Å²) in [5.74, 6) is 3.31. The highest BCUT2D eigenvalue weighted by atomic mass is 16.3. The van der Waals surface area contributed by atoms with Gasteiger partial charge >= 0.3 is 0 Å². The van der Waals surface area contributed by atoms with Gasteiger partial charge < -0.3 is 11.3 Å². The lowest BCUT2D eigenvalue weighted by molar-refractivity contribution is 0.0950. The molecule has 0 unspecified atom stereocenters. The quantitative estimate of drug-likeness (QED) is 0.717. The normalized spacial score (nSPS) is 20.5. The van der Waals surface area contributed by atoms with E-state index >= 15 is 0 Å². The number of aliphatic hydroxyl groups excluding tert-OH is 1. The maximum Gasteiger partial charge on any atom is 0.0540 e. The number of rotatable bonds is 2. The van der Waals surface area contributed by atoms with Gasteiger partial charge in [0.1, 0.15) is 0 Å². The van der Waals surface area contributed by atoms with Crippen molar-refractivity contribution in [2.45, 2.75) is 38.2 Å². The van der Waals surface area contributed by atoms with Crippen LogP contribution in [-0.4, -0.2) is 11.2 Å². The van der Waals surface area contributed by atoms with Gasteiger partial charge in [-0.2, -0.15) is 0 Å². The molecule has 0 aromatic rings. The second-order valence-electron chi connectivity index (χ2n) is 4.55. The molecule has 1 fully saturated rings. The smallest absolute Gasteiger partial charge is 0.0540 e. The minimum atomic E-state index is 0. The van der Waals surface area contributed by atoms with Crippen molar-refractivity contribution in [2.75, 3.05) is 0 Å². The molecule has 3 aliphatic rings. The second-order valence-corrected chi connectivity index (χ2v) is 4.55. The average Bonchev–Trinajstić information content (AvgIpc) is 2.83. The maximum absolute atomic E-state index is 8.45. The van der Waals surface area contributed by atoms with E-state index in [1.807, 2.05) is 0 Å². The molecule has 0 radical (unpaired) electrons. The second kappa shape index (κ2) is 6.44. The summed E-state index contributed by atoms with van der Waals surface area (Å²) in [6, 6.07) is 0. The number of terminal acetylenes is 1. The molecule has 3 rings (SSSR count). The Kier molecular flexibility index (Phi) is 5.21. The summed E-state index contributed by atoms with van der Waals surface area (Å²) >= 11 is 0. The third kappa shape index (κ3) is 3.33. The van der Waals surface area contributed by atoms with Crippen LogP contribution < -0.4 is 6.15 Å². The first-order chi connectivity index (χ1) is 7.81. The van der Waals surface area contributed by atoms with Crippen molar-refractivity contribution in [2.24, 2.45) is 5.92 Å². The molecule has 17 heavy (non-hydrogen) atoms. The molecule has 0 atom stereocenters. The van der Waals surface area contributed by atoms with E-state index in [0.29, 0.717) is 5.92 Å². The molecular weight excluding hydrogens is 210 g/mol. The first-order valence-electron chi connectivity index (χ1n) is 6.02. The molecule has 1 saturated carbocycles. The van der Waals surface area contributed by atoms with Crippen LogP contribution in [0, 0.1) is 18.3 Å². The van der Waals surface area contributed by atoms with Crippen LogP contribution in [0.5, 0.6) is 0 Å². The minimum absolute atomic E-state index is 0. The van der Waals surface area contributed by atoms with Crippen LogP contribution in [0.4, 0.5) is 0 Å². The van der Waals surface area contributed by atoms with Crippen molar-refractivity contribution in [3.05, 3.63) is 35.5 Å². The summed E-state index contributed by atoms with van der Waals surface area (Å²) in [4.78, 5) is 0. The molecule has 0 spiro atoms. The number of allylic oxidation sites excluding steroid dienone is 6. The van der Waals surface area contributed by atoms with E-state index in [4.69, 9.17) is 11.5 Å². The van der Waals surface area contributed by atoms with Gasteiger partial charge in [0.25, 0.3) is 0 Å². The monoisotopic (exact) mass is 231 g/mol. The summed E-state index contributed by atoms with van der Waals surface area (Å²) < 4.78 is 0. The van der Waals surface area contributed by atoms with Gasteiger partial charge in [-0.05, 0) is 36.8 Å². The van der Waals surface area contributed by atoms with Crippen LogP contribution in [0.1, 0.15) is 32.1 Å². The van der Waals surface area contributed by atoms with E-state index in [0.717, 1.165) is 25.7 Å². The lowest BCUT2D eigenvalue weighted by atomic mass is 9.97. The van der Waals surface area contributed by atoms with Crippen LogP contribution in [0.15, 0.2) is 35.5 Å². The van der Waals surface area contributed by atoms with E-state index in [2.05, 4.69) is 30.2 Å². The molecule has 2 heteroatoms. The van der Waals surface area contributed by atoms with Crippen LogP contribution in [0.3, 0.4) is 0 Å². The Labute approximate surface area is 104 Å². The van der Waals surface area contributed by atoms with E-state index in [1.165, 1.54) is 17.6 Å². The zero-order valence-electron chi connectivity index (χ0n) is 10.2. The number of hydrogen-bond donors (Lipinski definition) is 2. The van der Waals surface area contributed by atoms with E-state index in [9.17, 15) is 0 Å². The van der Waals surface area contributed by atoms with E-state index in [-0.39, 0.29) is 12.3 Å². The van der Waals surface area contributed by atoms with E-state index in [1.54, 1.807) is 0 Å². The van der Waals surface area contributed by atoms with Gasteiger partial charge in [0.05, 0.1) is 6.10 Å².